The van der Waals surface area contributed by atoms with Crippen LogP contribution in [0.5, 0.6) is 5.75 Å². The molecule has 1 heterocycles. The first-order valence-corrected chi connectivity index (χ1v) is 10.00. The van der Waals surface area contributed by atoms with Gasteiger partial charge in [0.15, 0.2) is 0 Å². The van der Waals surface area contributed by atoms with Crippen LogP contribution in [-0.2, 0) is 0 Å². The third kappa shape index (κ3) is 5.36. The molecule has 1 aromatic heterocycles. The topological polar surface area (TPSA) is 80.5 Å². The molecule has 0 saturated carbocycles. The van der Waals surface area contributed by atoms with Gasteiger partial charge in [0.05, 0.1) is 6.61 Å². The number of anilines is 1. The molecule has 6 heteroatoms. The van der Waals surface area contributed by atoms with E-state index in [-0.39, 0.29) is 5.91 Å². The second kappa shape index (κ2) is 9.89. The summed E-state index contributed by atoms with van der Waals surface area (Å²) in [7, 11) is 3.95. The first-order chi connectivity index (χ1) is 14.5. The van der Waals surface area contributed by atoms with Crippen LogP contribution >= 0.6 is 0 Å². The van der Waals surface area contributed by atoms with Crippen molar-refractivity contribution in [1.29, 1.82) is 0 Å². The fourth-order valence-electron chi connectivity index (χ4n) is 3.12. The summed E-state index contributed by atoms with van der Waals surface area (Å²) in [6, 6.07) is 17.3. The number of ether oxygens (including phenoxy) is 1. The smallest absolute Gasteiger partial charge is 0.251 e. The molecule has 30 heavy (non-hydrogen) atoms. The van der Waals surface area contributed by atoms with E-state index in [0.717, 1.165) is 34.5 Å². The van der Waals surface area contributed by atoms with Crippen LogP contribution in [-0.4, -0.2) is 49.6 Å². The molecule has 0 aliphatic heterocycles. The number of amides is 1. The molecule has 0 atom stereocenters. The number of carbonyl (C=O) groups excluding carboxylic acids is 1. The molecule has 0 fully saturated rings. The molecule has 2 aromatic carbocycles. The zero-order valence-electron chi connectivity index (χ0n) is 17.7. The highest BCUT2D eigenvalue weighted by Gasteiger charge is 2.11. The van der Waals surface area contributed by atoms with Crippen LogP contribution in [0.15, 0.2) is 60.8 Å². The minimum absolute atomic E-state index is 0.0910. The van der Waals surface area contributed by atoms with Crippen LogP contribution in [0.4, 0.5) is 5.82 Å². The summed E-state index contributed by atoms with van der Waals surface area (Å²) in [5.41, 5.74) is 10.3. The average molecular weight is 405 g/mol. The van der Waals surface area contributed by atoms with Gasteiger partial charge in [0, 0.05) is 36.0 Å². The minimum Gasteiger partial charge on any atom is -0.494 e. The summed E-state index contributed by atoms with van der Waals surface area (Å²) in [6.07, 6.45) is 1.73. The maximum atomic E-state index is 12.5. The number of rotatable bonds is 8. The third-order valence-corrected chi connectivity index (χ3v) is 4.68. The van der Waals surface area contributed by atoms with Gasteiger partial charge in [0.2, 0.25) is 0 Å². The van der Waals surface area contributed by atoms with Crippen LogP contribution in [0.25, 0.3) is 22.3 Å². The van der Waals surface area contributed by atoms with E-state index in [1.54, 1.807) is 6.20 Å². The molecular weight excluding hydrogens is 376 g/mol. The number of carbonyl (C=O) groups is 1. The molecule has 0 aliphatic rings. The van der Waals surface area contributed by atoms with Gasteiger partial charge in [0.25, 0.3) is 5.91 Å². The Morgan fingerprint density at radius 1 is 1.07 bits per heavy atom. The van der Waals surface area contributed by atoms with Gasteiger partial charge in [0.1, 0.15) is 11.6 Å². The van der Waals surface area contributed by atoms with Crippen molar-refractivity contribution in [2.75, 3.05) is 39.5 Å². The molecule has 0 saturated heterocycles. The lowest BCUT2D eigenvalue weighted by molar-refractivity contribution is 0.0951. The maximum Gasteiger partial charge on any atom is 0.251 e. The highest BCUT2D eigenvalue weighted by molar-refractivity contribution is 5.95. The Hall–Kier alpha value is -3.38. The van der Waals surface area contributed by atoms with Gasteiger partial charge in [-0.05, 0) is 62.5 Å². The maximum absolute atomic E-state index is 12.5. The van der Waals surface area contributed by atoms with Crippen molar-refractivity contribution < 1.29 is 9.53 Å². The molecule has 0 radical (unpaired) electrons. The summed E-state index contributed by atoms with van der Waals surface area (Å²) < 4.78 is 5.60. The summed E-state index contributed by atoms with van der Waals surface area (Å²) in [4.78, 5) is 18.9. The molecule has 0 unspecified atom stereocenters. The van der Waals surface area contributed by atoms with E-state index in [1.807, 2.05) is 80.5 Å². The van der Waals surface area contributed by atoms with E-state index in [1.165, 1.54) is 0 Å². The van der Waals surface area contributed by atoms with Gasteiger partial charge >= 0.3 is 0 Å². The van der Waals surface area contributed by atoms with Crippen molar-refractivity contribution in [3.05, 3.63) is 66.4 Å². The fourth-order valence-corrected chi connectivity index (χ4v) is 3.12. The molecule has 3 aromatic rings. The predicted octanol–water partition coefficient (Wildman–Crippen LogP) is 3.69. The Kier molecular flexibility index (Phi) is 7.03. The molecule has 3 N–H and O–H groups in total. The first-order valence-electron chi connectivity index (χ1n) is 10.00. The van der Waals surface area contributed by atoms with Gasteiger partial charge in [-0.2, -0.15) is 0 Å². The van der Waals surface area contributed by atoms with Crippen LogP contribution in [0, 0.1) is 0 Å². The van der Waals surface area contributed by atoms with E-state index in [9.17, 15) is 4.79 Å². The Labute approximate surface area is 177 Å². The Balaban J connectivity index is 1.87. The SMILES string of the molecule is CCOc1cccc(-c2cc(-c3cccc(C(=O)NCCN(C)C)c3)cnc2N)c1. The minimum atomic E-state index is -0.0910. The van der Waals surface area contributed by atoms with Crippen molar-refractivity contribution in [3.63, 3.8) is 0 Å². The van der Waals surface area contributed by atoms with Crippen LogP contribution in [0.3, 0.4) is 0 Å². The van der Waals surface area contributed by atoms with E-state index in [2.05, 4.69) is 10.3 Å². The zero-order chi connectivity index (χ0) is 21.5. The van der Waals surface area contributed by atoms with E-state index in [0.29, 0.717) is 24.5 Å². The van der Waals surface area contributed by atoms with Gasteiger partial charge in [-0.3, -0.25) is 4.79 Å². The third-order valence-electron chi connectivity index (χ3n) is 4.68. The Bertz CT molecular complexity index is 1020. The zero-order valence-corrected chi connectivity index (χ0v) is 17.7. The average Bonchev–Trinajstić information content (AvgIpc) is 2.74. The number of nitrogens with zero attached hydrogens (tertiary/aromatic N) is 2. The number of hydrogen-bond acceptors (Lipinski definition) is 5. The Morgan fingerprint density at radius 2 is 1.83 bits per heavy atom. The van der Waals surface area contributed by atoms with E-state index < -0.39 is 0 Å². The van der Waals surface area contributed by atoms with Crippen molar-refractivity contribution in [3.8, 4) is 28.0 Å². The van der Waals surface area contributed by atoms with Gasteiger partial charge in [-0.25, -0.2) is 4.98 Å². The highest BCUT2D eigenvalue weighted by Crippen LogP contribution is 2.31. The summed E-state index contributed by atoms with van der Waals surface area (Å²) in [5.74, 6) is 1.15. The number of likely N-dealkylation sites (N-methyl/N-ethyl adjacent to an activating group) is 1. The quantitative estimate of drug-likeness (QED) is 0.599. The standard InChI is InChI=1S/C24H28N4O2/c1-4-30-21-10-6-8-18(14-21)22-15-20(16-27-23(22)25)17-7-5-9-19(13-17)24(29)26-11-12-28(2)3/h5-10,13-16H,4,11-12H2,1-3H3,(H2,25,27)(H,26,29). The van der Waals surface area contributed by atoms with E-state index >= 15 is 0 Å². The number of pyridine rings is 1. The predicted molar refractivity (Wildman–Crippen MR) is 122 cm³/mol. The molecule has 0 spiro atoms. The number of hydrogen-bond donors (Lipinski definition) is 2. The number of benzene rings is 2. The molecule has 3 rings (SSSR count). The van der Waals surface area contributed by atoms with Gasteiger partial charge in [-0.15, -0.1) is 0 Å². The lowest BCUT2D eigenvalue weighted by Gasteiger charge is -2.12. The van der Waals surface area contributed by atoms with Crippen LogP contribution in [0.1, 0.15) is 17.3 Å². The molecule has 0 aliphatic carbocycles. The normalized spacial score (nSPS) is 10.8. The lowest BCUT2D eigenvalue weighted by Crippen LogP contribution is -2.31. The number of nitrogens with one attached hydrogen (secondary N) is 1. The summed E-state index contributed by atoms with van der Waals surface area (Å²) in [6.45, 7) is 3.94. The second-order valence-corrected chi connectivity index (χ2v) is 7.26. The van der Waals surface area contributed by atoms with E-state index in [4.69, 9.17) is 10.5 Å². The molecule has 156 valence electrons. The summed E-state index contributed by atoms with van der Waals surface area (Å²) >= 11 is 0. The molecule has 6 nitrogen and oxygen atoms in total. The summed E-state index contributed by atoms with van der Waals surface area (Å²) in [5, 5.41) is 2.94. The number of aromatic nitrogens is 1. The van der Waals surface area contributed by atoms with Crippen molar-refractivity contribution in [1.82, 2.24) is 15.2 Å². The van der Waals surface area contributed by atoms with Crippen molar-refractivity contribution in [2.45, 2.75) is 6.92 Å². The van der Waals surface area contributed by atoms with Crippen molar-refractivity contribution in [2.24, 2.45) is 0 Å². The second-order valence-electron chi connectivity index (χ2n) is 7.26. The lowest BCUT2D eigenvalue weighted by atomic mass is 9.99. The largest absolute Gasteiger partial charge is 0.494 e. The molecular formula is C24H28N4O2. The van der Waals surface area contributed by atoms with Crippen LogP contribution in [0.2, 0.25) is 0 Å². The monoisotopic (exact) mass is 404 g/mol. The van der Waals surface area contributed by atoms with Crippen LogP contribution < -0.4 is 15.8 Å². The first kappa shape index (κ1) is 21.3. The number of nitrogens with two attached hydrogens (primary N) is 1. The van der Waals surface area contributed by atoms with Gasteiger partial charge in [-0.1, -0.05) is 24.3 Å². The van der Waals surface area contributed by atoms with Gasteiger partial charge < -0.3 is 20.7 Å². The fraction of sp³-hybridized carbons (Fsp3) is 0.250. The van der Waals surface area contributed by atoms with Crippen molar-refractivity contribution >= 4 is 11.7 Å². The molecule has 0 bridgehead atoms. The highest BCUT2D eigenvalue weighted by atomic mass is 16.5. The molecule has 1 amide bonds. The Morgan fingerprint density at radius 3 is 2.60 bits per heavy atom. The number of nitrogen functional groups attached to an aromatic ring is 1.